The van der Waals surface area contributed by atoms with Crippen LogP contribution in [0.25, 0.3) is 0 Å². The van der Waals surface area contributed by atoms with Crippen molar-refractivity contribution in [3.63, 3.8) is 0 Å². The molecule has 0 bridgehead atoms. The van der Waals surface area contributed by atoms with E-state index in [0.29, 0.717) is 5.92 Å². The first-order valence-electron chi connectivity index (χ1n) is 7.17. The Hall–Kier alpha value is -1.35. The molecule has 0 radical (unpaired) electrons. The van der Waals surface area contributed by atoms with E-state index < -0.39 is 8.07 Å². The lowest BCUT2D eigenvalue weighted by Crippen LogP contribution is -2.15. The van der Waals surface area contributed by atoms with Crippen LogP contribution in [0.3, 0.4) is 0 Å². The molecule has 20 heavy (non-hydrogen) atoms. The van der Waals surface area contributed by atoms with Crippen molar-refractivity contribution in [3.8, 4) is 0 Å². The van der Waals surface area contributed by atoms with E-state index >= 15 is 0 Å². The van der Waals surface area contributed by atoms with E-state index in [1.807, 2.05) is 0 Å². The fourth-order valence-electron chi connectivity index (χ4n) is 2.63. The van der Waals surface area contributed by atoms with Crippen LogP contribution < -0.4 is 0 Å². The van der Waals surface area contributed by atoms with E-state index in [-0.39, 0.29) is 17.8 Å². The van der Waals surface area contributed by atoms with Crippen LogP contribution in [0.1, 0.15) is 17.0 Å². The minimum Gasteiger partial charge on any atom is -0.469 e. The Balaban J connectivity index is 2.20. The van der Waals surface area contributed by atoms with Crippen LogP contribution in [-0.2, 0) is 9.53 Å². The quantitative estimate of drug-likeness (QED) is 0.620. The average Bonchev–Trinajstić information content (AvgIpc) is 3.10. The lowest BCUT2D eigenvalue weighted by atomic mass is 10.1. The van der Waals surface area contributed by atoms with Crippen LogP contribution in [0.4, 0.5) is 0 Å². The van der Waals surface area contributed by atoms with Gasteiger partial charge in [-0.05, 0) is 18.4 Å². The summed E-state index contributed by atoms with van der Waals surface area (Å²) >= 11 is 0. The number of benzene rings is 1. The van der Waals surface area contributed by atoms with Gasteiger partial charge < -0.3 is 4.74 Å². The molecule has 0 unspecified atom stereocenters. The molecule has 2 nitrogen and oxygen atoms in total. The third-order valence-corrected chi connectivity index (χ3v) is 5.02. The number of methoxy groups -OCH3 is 1. The molecule has 1 saturated carbocycles. The highest BCUT2D eigenvalue weighted by Gasteiger charge is 2.54. The van der Waals surface area contributed by atoms with Crippen LogP contribution >= 0.6 is 0 Å². The fourth-order valence-corrected chi connectivity index (χ4v) is 3.43. The Morgan fingerprint density at radius 3 is 2.30 bits per heavy atom. The van der Waals surface area contributed by atoms with E-state index in [1.54, 1.807) is 0 Å². The lowest BCUT2D eigenvalue weighted by molar-refractivity contribution is -0.142. The van der Waals surface area contributed by atoms with Gasteiger partial charge in [0.1, 0.15) is 0 Å². The molecule has 1 aromatic carbocycles. The third-order valence-electron chi connectivity index (χ3n) is 3.83. The van der Waals surface area contributed by atoms with Crippen molar-refractivity contribution in [2.45, 2.75) is 32.5 Å². The van der Waals surface area contributed by atoms with Gasteiger partial charge in [-0.1, -0.05) is 61.2 Å². The normalized spacial score (nSPS) is 25.8. The maximum Gasteiger partial charge on any atom is 0.309 e. The Bertz CT molecular complexity index is 511. The van der Waals surface area contributed by atoms with Crippen molar-refractivity contribution < 1.29 is 9.53 Å². The minimum atomic E-state index is -1.23. The van der Waals surface area contributed by atoms with E-state index in [4.69, 9.17) is 4.74 Å². The molecule has 0 heterocycles. The maximum absolute atomic E-state index is 11.9. The lowest BCUT2D eigenvalue weighted by Gasteiger charge is -2.07. The Kier molecular flexibility index (Phi) is 4.19. The molecule has 0 aromatic heterocycles. The number of rotatable bonds is 4. The molecular formula is C17H24O2Si. The van der Waals surface area contributed by atoms with Gasteiger partial charge in [-0.15, -0.1) is 0 Å². The second-order valence-corrected chi connectivity index (χ2v) is 11.9. The average molecular weight is 288 g/mol. The molecule has 0 amide bonds. The number of ether oxygens (including phenoxy) is 1. The van der Waals surface area contributed by atoms with Crippen LogP contribution in [0.5, 0.6) is 0 Å². The van der Waals surface area contributed by atoms with E-state index in [9.17, 15) is 4.79 Å². The highest BCUT2D eigenvalue weighted by atomic mass is 28.3. The minimum absolute atomic E-state index is 0.00435. The number of esters is 1. The van der Waals surface area contributed by atoms with Crippen LogP contribution in [0.2, 0.25) is 19.6 Å². The molecule has 0 aliphatic heterocycles. The van der Waals surface area contributed by atoms with Gasteiger partial charge in [-0.25, -0.2) is 0 Å². The number of carbonyl (C=O) groups is 1. The van der Waals surface area contributed by atoms with Crippen molar-refractivity contribution in [2.24, 2.45) is 11.8 Å². The molecule has 0 spiro atoms. The van der Waals surface area contributed by atoms with Gasteiger partial charge in [0.15, 0.2) is 0 Å². The first kappa shape index (κ1) is 15.0. The zero-order chi connectivity index (χ0) is 14.9. The third kappa shape index (κ3) is 3.40. The Labute approximate surface area is 122 Å². The summed E-state index contributed by atoms with van der Waals surface area (Å²) in [6, 6.07) is 8.50. The van der Waals surface area contributed by atoms with Crippen LogP contribution in [0.15, 0.2) is 36.0 Å². The highest BCUT2D eigenvalue weighted by molar-refractivity contribution is 6.80. The van der Waals surface area contributed by atoms with Crippen LogP contribution in [-0.4, -0.2) is 21.2 Å². The van der Waals surface area contributed by atoms with Crippen molar-refractivity contribution >= 4 is 14.0 Å². The molecule has 0 N–H and O–H groups in total. The Morgan fingerprint density at radius 2 is 1.80 bits per heavy atom. The van der Waals surface area contributed by atoms with Gasteiger partial charge in [0.2, 0.25) is 0 Å². The summed E-state index contributed by atoms with van der Waals surface area (Å²) < 4.78 is 4.95. The van der Waals surface area contributed by atoms with Gasteiger partial charge in [0.05, 0.1) is 21.1 Å². The van der Waals surface area contributed by atoms with E-state index in [0.717, 1.165) is 0 Å². The highest BCUT2D eigenvalue weighted by Crippen LogP contribution is 2.55. The van der Waals surface area contributed by atoms with E-state index in [2.05, 4.69) is 62.6 Å². The number of allylic oxidation sites excluding steroid dienone is 1. The number of aryl methyl sites for hydroxylation is 1. The molecule has 2 rings (SSSR count). The molecule has 1 aliphatic rings. The largest absolute Gasteiger partial charge is 0.469 e. The molecule has 1 aliphatic carbocycles. The predicted molar refractivity (Wildman–Crippen MR) is 85.4 cm³/mol. The molecule has 3 atom stereocenters. The summed E-state index contributed by atoms with van der Waals surface area (Å²) in [5, 5.41) is 0. The maximum atomic E-state index is 11.9. The summed E-state index contributed by atoms with van der Waals surface area (Å²) in [5.74, 6) is 0.503. The van der Waals surface area contributed by atoms with E-state index in [1.165, 1.54) is 18.2 Å². The predicted octanol–water partition coefficient (Wildman–Crippen LogP) is 3.93. The van der Waals surface area contributed by atoms with Crippen molar-refractivity contribution in [3.05, 3.63) is 47.2 Å². The smallest absolute Gasteiger partial charge is 0.309 e. The van der Waals surface area contributed by atoms with Crippen molar-refractivity contribution in [1.29, 1.82) is 0 Å². The van der Waals surface area contributed by atoms with Crippen molar-refractivity contribution in [2.75, 3.05) is 7.11 Å². The molecule has 0 saturated heterocycles. The number of hydrogen-bond donors (Lipinski definition) is 0. The summed E-state index contributed by atoms with van der Waals surface area (Å²) in [6.07, 6.45) is 2.25. The summed E-state index contributed by atoms with van der Waals surface area (Å²) in [4.78, 5) is 11.9. The first-order chi connectivity index (χ1) is 9.33. The number of carbonyl (C=O) groups excluding carboxylic acids is 1. The Morgan fingerprint density at radius 1 is 1.20 bits per heavy atom. The zero-order valence-electron chi connectivity index (χ0n) is 13.0. The fraction of sp³-hybridized carbons (Fsp3) is 0.471. The first-order valence-corrected chi connectivity index (χ1v) is 10.7. The van der Waals surface area contributed by atoms with Crippen molar-refractivity contribution in [1.82, 2.24) is 0 Å². The van der Waals surface area contributed by atoms with Gasteiger partial charge in [-0.2, -0.15) is 0 Å². The topological polar surface area (TPSA) is 26.3 Å². The van der Waals surface area contributed by atoms with Gasteiger partial charge in [0, 0.05) is 5.92 Å². The summed E-state index contributed by atoms with van der Waals surface area (Å²) in [5.41, 5.74) is 4.83. The molecule has 1 aromatic rings. The molecular weight excluding hydrogens is 264 g/mol. The summed E-state index contributed by atoms with van der Waals surface area (Å²) in [6.45, 7) is 9.00. The molecule has 108 valence electrons. The zero-order valence-corrected chi connectivity index (χ0v) is 14.0. The second kappa shape index (κ2) is 5.56. The van der Waals surface area contributed by atoms with Gasteiger partial charge >= 0.3 is 5.97 Å². The molecule has 3 heteroatoms. The second-order valence-electron chi connectivity index (χ2n) is 6.79. The monoisotopic (exact) mass is 288 g/mol. The number of hydrogen-bond acceptors (Lipinski definition) is 2. The SMILES string of the molecule is COC(=O)[C@H]1[C@@H](/C=C/[Si](C)(C)C)[C@@H]1c1ccc(C)cc1. The molecule has 1 fully saturated rings. The summed E-state index contributed by atoms with van der Waals surface area (Å²) in [7, 11) is 0.252. The van der Waals surface area contributed by atoms with Gasteiger partial charge in [0.25, 0.3) is 0 Å². The van der Waals surface area contributed by atoms with Gasteiger partial charge in [-0.3, -0.25) is 4.79 Å². The van der Waals surface area contributed by atoms with Crippen LogP contribution in [0, 0.1) is 18.8 Å². The standard InChI is InChI=1S/C17H24O2Si/c1-12-6-8-13(9-7-12)15-14(10-11-20(3,4)5)16(15)17(18)19-2/h6-11,14-16H,1-5H3/b11-10+/t14-,15-,16-/m0/s1.